The van der Waals surface area contributed by atoms with Gasteiger partial charge in [-0.1, -0.05) is 67.3 Å². The summed E-state index contributed by atoms with van der Waals surface area (Å²) in [6.45, 7) is 0. The summed E-state index contributed by atoms with van der Waals surface area (Å²) in [5.74, 6) is 0.291. The first-order valence-electron chi connectivity index (χ1n) is 10.4. The molecule has 152 valence electrons. The van der Waals surface area contributed by atoms with Crippen LogP contribution in [0.5, 0.6) is 0 Å². The predicted octanol–water partition coefficient (Wildman–Crippen LogP) is 7.02. The summed E-state index contributed by atoms with van der Waals surface area (Å²) in [6.07, 6.45) is 5.61. The van der Waals surface area contributed by atoms with Crippen LogP contribution in [0.4, 0.5) is 5.69 Å². The van der Waals surface area contributed by atoms with Crippen LogP contribution in [0.15, 0.2) is 72.8 Å². The third-order valence-electron chi connectivity index (χ3n) is 5.73. The quantitative estimate of drug-likeness (QED) is 0.453. The molecule has 0 radical (unpaired) electrons. The van der Waals surface area contributed by atoms with Gasteiger partial charge in [0.25, 0.3) is 5.91 Å². The Labute approximate surface area is 182 Å². The standard InChI is InChI=1S/C26H24ClNO2/c27-23-14-10-22(11-15-23)26(30)28-24-16-12-19(13-17-24)18-6-8-21(9-7-18)25(29)20-4-2-1-3-5-20/h6-17,20H,1-5H2,(H,28,30). The van der Waals surface area contributed by atoms with E-state index in [0.29, 0.717) is 10.6 Å². The number of carbonyl (C=O) groups is 2. The maximum absolute atomic E-state index is 12.7. The Hall–Kier alpha value is -2.91. The summed E-state index contributed by atoms with van der Waals surface area (Å²) in [6, 6.07) is 22.3. The maximum Gasteiger partial charge on any atom is 0.255 e. The average Bonchev–Trinajstić information content (AvgIpc) is 2.80. The third kappa shape index (κ3) is 4.80. The molecule has 0 unspecified atom stereocenters. The molecule has 1 amide bonds. The van der Waals surface area contributed by atoms with Gasteiger partial charge < -0.3 is 5.32 Å². The van der Waals surface area contributed by atoms with Crippen molar-refractivity contribution in [2.45, 2.75) is 32.1 Å². The van der Waals surface area contributed by atoms with Crippen molar-refractivity contribution in [3.63, 3.8) is 0 Å². The molecule has 4 rings (SSSR count). The minimum Gasteiger partial charge on any atom is -0.322 e. The lowest BCUT2D eigenvalue weighted by Gasteiger charge is -2.20. The minimum absolute atomic E-state index is 0.176. The molecule has 1 saturated carbocycles. The van der Waals surface area contributed by atoms with Crippen LogP contribution in [-0.2, 0) is 0 Å². The number of rotatable bonds is 5. The van der Waals surface area contributed by atoms with E-state index in [-0.39, 0.29) is 17.6 Å². The van der Waals surface area contributed by atoms with E-state index in [1.54, 1.807) is 24.3 Å². The van der Waals surface area contributed by atoms with Gasteiger partial charge in [0.05, 0.1) is 0 Å². The van der Waals surface area contributed by atoms with Crippen LogP contribution in [0, 0.1) is 5.92 Å². The van der Waals surface area contributed by atoms with Crippen LogP contribution in [0.1, 0.15) is 52.8 Å². The summed E-state index contributed by atoms with van der Waals surface area (Å²) >= 11 is 5.87. The fraction of sp³-hybridized carbons (Fsp3) is 0.231. The largest absolute Gasteiger partial charge is 0.322 e. The van der Waals surface area contributed by atoms with E-state index < -0.39 is 0 Å². The van der Waals surface area contributed by atoms with Gasteiger partial charge in [-0.2, -0.15) is 0 Å². The highest BCUT2D eigenvalue weighted by Crippen LogP contribution is 2.28. The molecule has 0 spiro atoms. The molecule has 3 nitrogen and oxygen atoms in total. The lowest BCUT2D eigenvalue weighted by atomic mass is 9.83. The SMILES string of the molecule is O=C(Nc1ccc(-c2ccc(C(=O)C3CCCCC3)cc2)cc1)c1ccc(Cl)cc1. The van der Waals surface area contributed by atoms with Crippen LogP contribution in [0.2, 0.25) is 5.02 Å². The molecule has 0 bridgehead atoms. The first-order valence-corrected chi connectivity index (χ1v) is 10.8. The Balaban J connectivity index is 1.41. The fourth-order valence-corrected chi connectivity index (χ4v) is 4.10. The van der Waals surface area contributed by atoms with Crippen molar-refractivity contribution in [2.24, 2.45) is 5.92 Å². The first kappa shape index (κ1) is 20.4. The summed E-state index contributed by atoms with van der Waals surface area (Å²) in [5, 5.41) is 3.49. The molecule has 0 aliphatic heterocycles. The Bertz CT molecular complexity index is 1020. The van der Waals surface area contributed by atoms with Gasteiger partial charge in [-0.25, -0.2) is 0 Å². The van der Waals surface area contributed by atoms with Gasteiger partial charge in [-0.05, 0) is 60.4 Å². The Kier molecular flexibility index (Phi) is 6.29. The molecular weight excluding hydrogens is 394 g/mol. The second kappa shape index (κ2) is 9.27. The van der Waals surface area contributed by atoms with Gasteiger partial charge in [0.15, 0.2) is 5.78 Å². The molecule has 0 saturated heterocycles. The van der Waals surface area contributed by atoms with Crippen LogP contribution in [-0.4, -0.2) is 11.7 Å². The lowest BCUT2D eigenvalue weighted by molar-refractivity contribution is 0.0889. The lowest BCUT2D eigenvalue weighted by Crippen LogP contribution is -2.17. The minimum atomic E-state index is -0.176. The average molecular weight is 418 g/mol. The number of amides is 1. The molecule has 0 heterocycles. The molecule has 1 aliphatic rings. The van der Waals surface area contributed by atoms with E-state index in [9.17, 15) is 9.59 Å². The topological polar surface area (TPSA) is 46.2 Å². The van der Waals surface area contributed by atoms with Crippen molar-refractivity contribution in [1.82, 2.24) is 0 Å². The normalized spacial score (nSPS) is 14.3. The molecule has 1 aliphatic carbocycles. The van der Waals surface area contributed by atoms with E-state index in [0.717, 1.165) is 48.1 Å². The zero-order valence-corrected chi connectivity index (χ0v) is 17.5. The summed E-state index contributed by atoms with van der Waals surface area (Å²) in [5.41, 5.74) is 4.17. The van der Waals surface area contributed by atoms with Gasteiger partial charge in [0, 0.05) is 27.8 Å². The van der Waals surface area contributed by atoms with Crippen LogP contribution in [0.25, 0.3) is 11.1 Å². The summed E-state index contributed by atoms with van der Waals surface area (Å²) in [4.78, 5) is 25.0. The van der Waals surface area contributed by atoms with Gasteiger partial charge in [0.1, 0.15) is 0 Å². The molecule has 30 heavy (non-hydrogen) atoms. The number of nitrogens with one attached hydrogen (secondary N) is 1. The molecule has 4 heteroatoms. The van der Waals surface area contributed by atoms with E-state index in [2.05, 4.69) is 5.32 Å². The summed E-state index contributed by atoms with van der Waals surface area (Å²) < 4.78 is 0. The number of hydrogen-bond donors (Lipinski definition) is 1. The number of anilines is 1. The van der Waals surface area contributed by atoms with Crippen molar-refractivity contribution in [3.8, 4) is 11.1 Å². The van der Waals surface area contributed by atoms with E-state index >= 15 is 0 Å². The second-order valence-corrected chi connectivity index (χ2v) is 8.25. The first-order chi connectivity index (χ1) is 14.6. The van der Waals surface area contributed by atoms with Crippen molar-refractivity contribution in [2.75, 3.05) is 5.32 Å². The van der Waals surface area contributed by atoms with Crippen molar-refractivity contribution in [1.29, 1.82) is 0 Å². The number of carbonyl (C=O) groups excluding carboxylic acids is 2. The molecular formula is C26H24ClNO2. The number of benzene rings is 3. The fourth-order valence-electron chi connectivity index (χ4n) is 3.98. The van der Waals surface area contributed by atoms with Crippen molar-refractivity contribution < 1.29 is 9.59 Å². The highest BCUT2D eigenvalue weighted by molar-refractivity contribution is 6.30. The number of halogens is 1. The molecule has 0 aromatic heterocycles. The van der Waals surface area contributed by atoms with E-state index in [4.69, 9.17) is 11.6 Å². The van der Waals surface area contributed by atoms with Gasteiger partial charge in [-0.15, -0.1) is 0 Å². The Morgan fingerprint density at radius 2 is 1.23 bits per heavy atom. The number of Topliss-reactive ketones (excluding diaryl/α,β-unsaturated/α-hetero) is 1. The smallest absolute Gasteiger partial charge is 0.255 e. The molecule has 3 aromatic rings. The molecule has 0 atom stereocenters. The predicted molar refractivity (Wildman–Crippen MR) is 122 cm³/mol. The highest BCUT2D eigenvalue weighted by atomic mass is 35.5. The molecule has 3 aromatic carbocycles. The van der Waals surface area contributed by atoms with E-state index in [1.807, 2.05) is 48.5 Å². The molecule has 1 N–H and O–H groups in total. The van der Waals surface area contributed by atoms with Gasteiger partial charge in [0.2, 0.25) is 0 Å². The second-order valence-electron chi connectivity index (χ2n) is 7.81. The van der Waals surface area contributed by atoms with Crippen LogP contribution in [0.3, 0.4) is 0 Å². The summed E-state index contributed by atoms with van der Waals surface area (Å²) in [7, 11) is 0. The third-order valence-corrected chi connectivity index (χ3v) is 5.98. The maximum atomic E-state index is 12.7. The van der Waals surface area contributed by atoms with Crippen molar-refractivity contribution in [3.05, 3.63) is 88.9 Å². The number of ketones is 1. The van der Waals surface area contributed by atoms with Crippen LogP contribution < -0.4 is 5.32 Å². The molecule has 1 fully saturated rings. The zero-order chi connectivity index (χ0) is 20.9. The number of hydrogen-bond acceptors (Lipinski definition) is 2. The Morgan fingerprint density at radius 1 is 0.700 bits per heavy atom. The monoisotopic (exact) mass is 417 g/mol. The Morgan fingerprint density at radius 3 is 1.83 bits per heavy atom. The zero-order valence-electron chi connectivity index (χ0n) is 16.7. The van der Waals surface area contributed by atoms with Gasteiger partial charge >= 0.3 is 0 Å². The van der Waals surface area contributed by atoms with Gasteiger partial charge in [-0.3, -0.25) is 9.59 Å². The van der Waals surface area contributed by atoms with Crippen molar-refractivity contribution >= 4 is 29.0 Å². The highest BCUT2D eigenvalue weighted by Gasteiger charge is 2.22. The van der Waals surface area contributed by atoms with Crippen LogP contribution >= 0.6 is 11.6 Å². The van der Waals surface area contributed by atoms with E-state index in [1.165, 1.54) is 6.42 Å².